The highest BCUT2D eigenvalue weighted by Gasteiger charge is 2.13. The van der Waals surface area contributed by atoms with Gasteiger partial charge < -0.3 is 10.1 Å². The van der Waals surface area contributed by atoms with E-state index in [9.17, 15) is 4.79 Å². The zero-order valence-corrected chi connectivity index (χ0v) is 16.3. The maximum Gasteiger partial charge on any atom is 0.224 e. The molecule has 0 heterocycles. The quantitative estimate of drug-likeness (QED) is 0.525. The topological polar surface area (TPSA) is 38.3 Å². The summed E-state index contributed by atoms with van der Waals surface area (Å²) in [4.78, 5) is 13.1. The average Bonchev–Trinajstić information content (AvgIpc) is 2.59. The van der Waals surface area contributed by atoms with Crippen LogP contribution in [0.5, 0.6) is 5.75 Å². The maximum absolute atomic E-state index is 12.1. The van der Waals surface area contributed by atoms with Crippen LogP contribution in [0.1, 0.15) is 39.2 Å². The normalized spacial score (nSPS) is 11.2. The summed E-state index contributed by atoms with van der Waals surface area (Å²) in [7, 11) is 0. The Morgan fingerprint density at radius 2 is 1.76 bits per heavy atom. The van der Waals surface area contributed by atoms with E-state index < -0.39 is 0 Å². The highest BCUT2D eigenvalue weighted by atomic mass is 32.2. The van der Waals surface area contributed by atoms with Crippen molar-refractivity contribution in [2.45, 2.75) is 43.9 Å². The van der Waals surface area contributed by atoms with E-state index in [0.717, 1.165) is 16.3 Å². The molecule has 0 bridgehead atoms. The predicted octanol–water partition coefficient (Wildman–Crippen LogP) is 5.50. The molecule has 2 aromatic rings. The molecule has 25 heavy (non-hydrogen) atoms. The zero-order valence-electron chi connectivity index (χ0n) is 15.5. The van der Waals surface area contributed by atoms with Gasteiger partial charge in [0.15, 0.2) is 0 Å². The lowest BCUT2D eigenvalue weighted by atomic mass is 9.87. The van der Waals surface area contributed by atoms with Crippen LogP contribution in [0.2, 0.25) is 0 Å². The van der Waals surface area contributed by atoms with Gasteiger partial charge in [-0.2, -0.15) is 0 Å². The Morgan fingerprint density at radius 3 is 2.40 bits per heavy atom. The summed E-state index contributed by atoms with van der Waals surface area (Å²) < 4.78 is 5.74. The van der Waals surface area contributed by atoms with Crippen molar-refractivity contribution in [1.29, 1.82) is 0 Å². The van der Waals surface area contributed by atoms with Crippen LogP contribution in [0, 0.1) is 0 Å². The number of hydrogen-bond donors (Lipinski definition) is 1. The van der Waals surface area contributed by atoms with Crippen molar-refractivity contribution in [3.8, 4) is 5.75 Å². The molecular weight excluding hydrogens is 330 g/mol. The van der Waals surface area contributed by atoms with Gasteiger partial charge in [-0.05, 0) is 47.9 Å². The lowest BCUT2D eigenvalue weighted by Gasteiger charge is -2.19. The van der Waals surface area contributed by atoms with Crippen LogP contribution in [-0.2, 0) is 10.2 Å². The Labute approximate surface area is 155 Å². The molecule has 0 aliphatic carbocycles. The third kappa shape index (κ3) is 6.13. The Bertz CT molecular complexity index is 690. The van der Waals surface area contributed by atoms with Crippen LogP contribution in [0.4, 0.5) is 5.69 Å². The number of nitrogens with one attached hydrogen (secondary N) is 1. The van der Waals surface area contributed by atoms with Crippen molar-refractivity contribution >= 4 is 23.4 Å². The second-order valence-corrected chi connectivity index (χ2v) is 7.82. The molecule has 1 amide bonds. The fraction of sp³-hybridized carbons (Fsp3) is 0.381. The fourth-order valence-corrected chi connectivity index (χ4v) is 2.99. The summed E-state index contributed by atoms with van der Waals surface area (Å²) >= 11 is 1.63. The first kappa shape index (κ1) is 19.4. The molecule has 0 aliphatic rings. The van der Waals surface area contributed by atoms with Crippen molar-refractivity contribution in [3.05, 3.63) is 54.1 Å². The van der Waals surface area contributed by atoms with Gasteiger partial charge in [0, 0.05) is 11.3 Å². The number of carbonyl (C=O) groups excluding carboxylic acids is 1. The lowest BCUT2D eigenvalue weighted by Crippen LogP contribution is -2.13. The van der Waals surface area contributed by atoms with E-state index in [1.165, 1.54) is 5.56 Å². The zero-order chi connectivity index (χ0) is 18.3. The Balaban J connectivity index is 1.74. The minimum absolute atomic E-state index is 0.0215. The Hall–Kier alpha value is -1.94. The summed E-state index contributed by atoms with van der Waals surface area (Å²) in [6.45, 7) is 7.11. The van der Waals surface area contributed by atoms with Crippen molar-refractivity contribution in [3.63, 3.8) is 0 Å². The molecule has 0 saturated carbocycles. The van der Waals surface area contributed by atoms with Crippen molar-refractivity contribution in [1.82, 2.24) is 0 Å². The van der Waals surface area contributed by atoms with E-state index in [1.807, 2.05) is 42.7 Å². The monoisotopic (exact) mass is 357 g/mol. The smallest absolute Gasteiger partial charge is 0.224 e. The lowest BCUT2D eigenvalue weighted by molar-refractivity contribution is -0.116. The number of ether oxygens (including phenoxy) is 1. The number of para-hydroxylation sites is 1. The second-order valence-electron chi connectivity index (χ2n) is 6.97. The summed E-state index contributed by atoms with van der Waals surface area (Å²) in [6.07, 6.45) is 3.14. The minimum atomic E-state index is 0.0215. The molecule has 0 fully saturated rings. The predicted molar refractivity (Wildman–Crippen MR) is 107 cm³/mol. The molecular formula is C21H27NO2S. The third-order valence-corrected chi connectivity index (χ3v) is 4.71. The molecule has 0 aliphatic heterocycles. The van der Waals surface area contributed by atoms with Gasteiger partial charge in [0.05, 0.1) is 12.3 Å². The van der Waals surface area contributed by atoms with E-state index >= 15 is 0 Å². The first-order valence-corrected chi connectivity index (χ1v) is 9.79. The van der Waals surface area contributed by atoms with Gasteiger partial charge in [0.25, 0.3) is 0 Å². The highest BCUT2D eigenvalue weighted by molar-refractivity contribution is 7.98. The molecule has 0 spiro atoms. The van der Waals surface area contributed by atoms with Crippen LogP contribution in [0.15, 0.2) is 53.4 Å². The molecule has 4 heteroatoms. The van der Waals surface area contributed by atoms with Crippen LogP contribution in [-0.4, -0.2) is 18.8 Å². The summed E-state index contributed by atoms with van der Waals surface area (Å²) in [6, 6.07) is 16.0. The van der Waals surface area contributed by atoms with E-state index in [-0.39, 0.29) is 11.3 Å². The molecule has 134 valence electrons. The number of carbonyl (C=O) groups is 1. The van der Waals surface area contributed by atoms with Gasteiger partial charge in [0.2, 0.25) is 5.91 Å². The van der Waals surface area contributed by atoms with Gasteiger partial charge in [-0.3, -0.25) is 4.79 Å². The van der Waals surface area contributed by atoms with Gasteiger partial charge >= 0.3 is 0 Å². The SMILES string of the molecule is CSc1ccccc1NC(=O)CCCOc1ccc(C(C)(C)C)cc1. The maximum atomic E-state index is 12.1. The fourth-order valence-electron chi connectivity index (χ4n) is 2.43. The molecule has 2 aromatic carbocycles. The summed E-state index contributed by atoms with van der Waals surface area (Å²) in [5.41, 5.74) is 2.30. The van der Waals surface area contributed by atoms with Gasteiger partial charge in [0.1, 0.15) is 5.75 Å². The van der Waals surface area contributed by atoms with Crippen LogP contribution in [0.3, 0.4) is 0 Å². The summed E-state index contributed by atoms with van der Waals surface area (Å²) in [5, 5.41) is 2.97. The van der Waals surface area contributed by atoms with Crippen molar-refractivity contribution in [2.75, 3.05) is 18.2 Å². The largest absolute Gasteiger partial charge is 0.494 e. The molecule has 3 nitrogen and oxygen atoms in total. The molecule has 0 saturated heterocycles. The average molecular weight is 358 g/mol. The molecule has 0 unspecified atom stereocenters. The van der Waals surface area contributed by atoms with E-state index in [0.29, 0.717) is 19.4 Å². The first-order chi connectivity index (χ1) is 11.9. The number of hydrogen-bond acceptors (Lipinski definition) is 3. The third-order valence-electron chi connectivity index (χ3n) is 3.92. The van der Waals surface area contributed by atoms with E-state index in [2.05, 4.69) is 38.2 Å². The number of rotatable bonds is 7. The molecule has 1 N–H and O–H groups in total. The van der Waals surface area contributed by atoms with E-state index in [1.54, 1.807) is 11.8 Å². The minimum Gasteiger partial charge on any atom is -0.494 e. The van der Waals surface area contributed by atoms with Gasteiger partial charge in [-0.15, -0.1) is 11.8 Å². The van der Waals surface area contributed by atoms with Crippen molar-refractivity contribution in [2.24, 2.45) is 0 Å². The molecule has 2 rings (SSSR count). The second kappa shape index (κ2) is 8.95. The van der Waals surface area contributed by atoms with Crippen molar-refractivity contribution < 1.29 is 9.53 Å². The van der Waals surface area contributed by atoms with Gasteiger partial charge in [-0.25, -0.2) is 0 Å². The molecule has 0 aromatic heterocycles. The van der Waals surface area contributed by atoms with Crippen LogP contribution < -0.4 is 10.1 Å². The standard InChI is InChI=1S/C21H27NO2S/c1-21(2,3)16-11-13-17(14-12-16)24-15-7-10-20(23)22-18-8-5-6-9-19(18)25-4/h5-6,8-9,11-14H,7,10,15H2,1-4H3,(H,22,23). The highest BCUT2D eigenvalue weighted by Crippen LogP contribution is 2.25. The molecule has 0 atom stereocenters. The summed E-state index contributed by atoms with van der Waals surface area (Å²) in [5.74, 6) is 0.870. The number of amides is 1. The Kier molecular flexibility index (Phi) is 6.94. The van der Waals surface area contributed by atoms with E-state index in [4.69, 9.17) is 4.74 Å². The molecule has 0 radical (unpaired) electrons. The number of anilines is 1. The number of thioether (sulfide) groups is 1. The number of benzene rings is 2. The van der Waals surface area contributed by atoms with Crippen LogP contribution >= 0.6 is 11.8 Å². The van der Waals surface area contributed by atoms with Gasteiger partial charge in [-0.1, -0.05) is 45.0 Å². The first-order valence-electron chi connectivity index (χ1n) is 8.56. The van der Waals surface area contributed by atoms with Crippen LogP contribution in [0.25, 0.3) is 0 Å². The Morgan fingerprint density at radius 1 is 1.08 bits per heavy atom.